The van der Waals surface area contributed by atoms with E-state index in [1.165, 1.54) is 0 Å². The van der Waals surface area contributed by atoms with Crippen molar-refractivity contribution in [1.29, 1.82) is 0 Å². The molecule has 0 spiro atoms. The highest BCUT2D eigenvalue weighted by Crippen LogP contribution is 2.25. The van der Waals surface area contributed by atoms with Crippen LogP contribution in [0.3, 0.4) is 0 Å². The van der Waals surface area contributed by atoms with E-state index in [1.807, 2.05) is 23.6 Å². The van der Waals surface area contributed by atoms with E-state index in [4.69, 9.17) is 9.84 Å². The van der Waals surface area contributed by atoms with Gasteiger partial charge in [0.1, 0.15) is 0 Å². The number of rotatable bonds is 3. The maximum absolute atomic E-state index is 12.3. The van der Waals surface area contributed by atoms with Crippen molar-refractivity contribution in [2.45, 2.75) is 19.9 Å². The van der Waals surface area contributed by atoms with Crippen LogP contribution < -0.4 is 0 Å². The summed E-state index contributed by atoms with van der Waals surface area (Å²) in [5.41, 5.74) is 0. The van der Waals surface area contributed by atoms with Gasteiger partial charge in [0.15, 0.2) is 0 Å². The van der Waals surface area contributed by atoms with Crippen molar-refractivity contribution in [3.63, 3.8) is 0 Å². The van der Waals surface area contributed by atoms with E-state index < -0.39 is 5.97 Å². The van der Waals surface area contributed by atoms with Gasteiger partial charge in [0, 0.05) is 26.2 Å². The van der Waals surface area contributed by atoms with E-state index in [0.29, 0.717) is 39.4 Å². The highest BCUT2D eigenvalue weighted by atomic mass is 16.5. The average Bonchev–Trinajstić information content (AvgIpc) is 2.80. The van der Waals surface area contributed by atoms with Crippen LogP contribution in [0.15, 0.2) is 0 Å². The lowest BCUT2D eigenvalue weighted by molar-refractivity contribution is -0.143. The molecule has 1 N–H and O–H groups in total. The van der Waals surface area contributed by atoms with E-state index in [1.54, 1.807) is 0 Å². The highest BCUT2D eigenvalue weighted by molar-refractivity contribution is 5.82. The predicted octanol–water partition coefficient (Wildman–Crippen LogP) is -0.114. The lowest BCUT2D eigenvalue weighted by Gasteiger charge is -2.32. The first kappa shape index (κ1) is 14.3. The first-order valence-electron chi connectivity index (χ1n) is 6.84. The summed E-state index contributed by atoms with van der Waals surface area (Å²) in [5, 5.41) is 9.13. The quantitative estimate of drug-likeness (QED) is 0.774. The summed E-state index contributed by atoms with van der Waals surface area (Å²) < 4.78 is 5.24. The summed E-state index contributed by atoms with van der Waals surface area (Å²) in [6, 6.07) is -0.245. The van der Waals surface area contributed by atoms with Crippen molar-refractivity contribution in [1.82, 2.24) is 9.80 Å². The maximum atomic E-state index is 12.3. The second kappa shape index (κ2) is 5.88. The molecule has 2 saturated heterocycles. The molecule has 2 rings (SSSR count). The van der Waals surface area contributed by atoms with Crippen LogP contribution in [0.2, 0.25) is 0 Å². The Morgan fingerprint density at radius 1 is 1.26 bits per heavy atom. The minimum Gasteiger partial charge on any atom is -0.481 e. The Morgan fingerprint density at radius 3 is 2.42 bits per heavy atom. The number of carboxylic acids is 1. The van der Waals surface area contributed by atoms with Crippen LogP contribution in [0.25, 0.3) is 0 Å². The number of amides is 1. The molecule has 19 heavy (non-hydrogen) atoms. The molecule has 1 amide bonds. The zero-order valence-corrected chi connectivity index (χ0v) is 11.5. The summed E-state index contributed by atoms with van der Waals surface area (Å²) in [5.74, 6) is -0.945. The Bertz CT molecular complexity index is 355. The Morgan fingerprint density at radius 2 is 1.89 bits per heavy atom. The van der Waals surface area contributed by atoms with Crippen molar-refractivity contribution < 1.29 is 19.4 Å². The molecular weight excluding hydrogens is 248 g/mol. The van der Waals surface area contributed by atoms with Crippen molar-refractivity contribution in [3.8, 4) is 0 Å². The van der Waals surface area contributed by atoms with Gasteiger partial charge < -0.3 is 14.7 Å². The number of ether oxygens (including phenoxy) is 1. The van der Waals surface area contributed by atoms with Gasteiger partial charge in [-0.3, -0.25) is 14.5 Å². The van der Waals surface area contributed by atoms with Crippen LogP contribution >= 0.6 is 0 Å². The molecule has 0 aromatic carbocycles. The van der Waals surface area contributed by atoms with Gasteiger partial charge in [-0.1, -0.05) is 6.92 Å². The molecule has 3 unspecified atom stereocenters. The van der Waals surface area contributed by atoms with Gasteiger partial charge in [0.05, 0.1) is 25.2 Å². The molecule has 3 atom stereocenters. The fourth-order valence-corrected chi connectivity index (χ4v) is 2.85. The van der Waals surface area contributed by atoms with Crippen LogP contribution in [0.1, 0.15) is 13.8 Å². The largest absolute Gasteiger partial charge is 0.481 e. The molecule has 108 valence electrons. The van der Waals surface area contributed by atoms with E-state index in [2.05, 4.69) is 0 Å². The van der Waals surface area contributed by atoms with E-state index in [9.17, 15) is 9.59 Å². The van der Waals surface area contributed by atoms with Gasteiger partial charge >= 0.3 is 5.97 Å². The number of hydrogen-bond acceptors (Lipinski definition) is 4. The standard InChI is InChI=1S/C13H22N2O4/c1-9-7-15(8-11(9)13(17)18)10(2)12(16)14-3-5-19-6-4-14/h9-11H,3-8H2,1-2H3,(H,17,18). The minimum atomic E-state index is -0.763. The fraction of sp³-hybridized carbons (Fsp3) is 0.846. The zero-order chi connectivity index (χ0) is 14.0. The number of aliphatic carboxylic acids is 1. The summed E-state index contributed by atoms with van der Waals surface area (Å²) in [6.45, 7) is 7.39. The van der Waals surface area contributed by atoms with Gasteiger partial charge in [-0.25, -0.2) is 0 Å². The second-order valence-electron chi connectivity index (χ2n) is 5.49. The maximum Gasteiger partial charge on any atom is 0.308 e. The molecule has 2 aliphatic heterocycles. The Balaban J connectivity index is 1.94. The Hall–Kier alpha value is -1.14. The summed E-state index contributed by atoms with van der Waals surface area (Å²) >= 11 is 0. The lowest BCUT2D eigenvalue weighted by atomic mass is 9.99. The molecule has 6 nitrogen and oxygen atoms in total. The number of nitrogens with zero attached hydrogens (tertiary/aromatic N) is 2. The number of morpholine rings is 1. The lowest BCUT2D eigenvalue weighted by Crippen LogP contribution is -2.50. The van der Waals surface area contributed by atoms with Crippen molar-refractivity contribution >= 4 is 11.9 Å². The fourth-order valence-electron chi connectivity index (χ4n) is 2.85. The Kier molecular flexibility index (Phi) is 4.42. The van der Waals surface area contributed by atoms with Gasteiger partial charge in [0.2, 0.25) is 5.91 Å². The van der Waals surface area contributed by atoms with Crippen LogP contribution in [-0.4, -0.2) is 72.2 Å². The van der Waals surface area contributed by atoms with Crippen molar-refractivity contribution in [2.75, 3.05) is 39.4 Å². The van der Waals surface area contributed by atoms with Gasteiger partial charge in [-0.2, -0.15) is 0 Å². The Labute approximate surface area is 113 Å². The zero-order valence-electron chi connectivity index (χ0n) is 11.5. The van der Waals surface area contributed by atoms with Gasteiger partial charge in [-0.15, -0.1) is 0 Å². The van der Waals surface area contributed by atoms with Crippen LogP contribution in [-0.2, 0) is 14.3 Å². The number of carbonyl (C=O) groups excluding carboxylic acids is 1. The normalized spacial score (nSPS) is 30.3. The van der Waals surface area contributed by atoms with Crippen LogP contribution in [0.5, 0.6) is 0 Å². The molecule has 2 aliphatic rings. The first-order valence-corrected chi connectivity index (χ1v) is 6.84. The molecule has 2 fully saturated rings. The second-order valence-corrected chi connectivity index (χ2v) is 5.49. The molecule has 0 saturated carbocycles. The summed E-state index contributed by atoms with van der Waals surface area (Å²) in [6.07, 6.45) is 0. The molecule has 6 heteroatoms. The van der Waals surface area contributed by atoms with Gasteiger partial charge in [0.25, 0.3) is 0 Å². The third-order valence-corrected chi connectivity index (χ3v) is 4.19. The van der Waals surface area contributed by atoms with E-state index >= 15 is 0 Å². The topological polar surface area (TPSA) is 70.1 Å². The van der Waals surface area contributed by atoms with Crippen molar-refractivity contribution in [3.05, 3.63) is 0 Å². The third-order valence-electron chi connectivity index (χ3n) is 4.19. The summed E-state index contributed by atoms with van der Waals surface area (Å²) in [4.78, 5) is 27.3. The number of carboxylic acid groups (broad SMARTS) is 1. The van der Waals surface area contributed by atoms with Crippen LogP contribution in [0.4, 0.5) is 0 Å². The molecule has 0 aliphatic carbocycles. The predicted molar refractivity (Wildman–Crippen MR) is 68.7 cm³/mol. The monoisotopic (exact) mass is 270 g/mol. The average molecular weight is 270 g/mol. The van der Waals surface area contributed by atoms with E-state index in [-0.39, 0.29) is 23.8 Å². The number of hydrogen-bond donors (Lipinski definition) is 1. The first-order chi connectivity index (χ1) is 9.00. The molecular formula is C13H22N2O4. The minimum absolute atomic E-state index is 0.0848. The SMILES string of the molecule is CC1CN(C(C)C(=O)N2CCOCC2)CC1C(=O)O. The molecule has 0 aromatic rings. The molecule has 2 heterocycles. The van der Waals surface area contributed by atoms with Gasteiger partial charge in [-0.05, 0) is 12.8 Å². The number of carbonyl (C=O) groups is 2. The number of likely N-dealkylation sites (tertiary alicyclic amines) is 1. The van der Waals surface area contributed by atoms with Crippen LogP contribution in [0, 0.1) is 11.8 Å². The summed E-state index contributed by atoms with van der Waals surface area (Å²) in [7, 11) is 0. The molecule has 0 bridgehead atoms. The molecule has 0 aromatic heterocycles. The third kappa shape index (κ3) is 3.06. The van der Waals surface area contributed by atoms with Crippen molar-refractivity contribution in [2.24, 2.45) is 11.8 Å². The molecule has 0 radical (unpaired) electrons. The van der Waals surface area contributed by atoms with E-state index in [0.717, 1.165) is 0 Å². The smallest absolute Gasteiger partial charge is 0.308 e. The highest BCUT2D eigenvalue weighted by Gasteiger charge is 2.39.